The molecule has 1 aromatic carbocycles. The standard InChI is InChI=1S/C19H33N3O3/c1-5-6-12-24-14-15-25-13-11-21-19(20-2)22(3)16-17-9-7-8-10-18(17)23-4/h7-10H,5-6,11-16H2,1-4H3,(H,20,21). The highest BCUT2D eigenvalue weighted by Gasteiger charge is 2.09. The van der Waals surface area contributed by atoms with Gasteiger partial charge in [-0.1, -0.05) is 31.5 Å². The molecular formula is C19H33N3O3. The number of methoxy groups -OCH3 is 1. The summed E-state index contributed by atoms with van der Waals surface area (Å²) in [5, 5.41) is 3.31. The molecule has 25 heavy (non-hydrogen) atoms. The van der Waals surface area contributed by atoms with E-state index in [0.717, 1.165) is 43.3 Å². The predicted molar refractivity (Wildman–Crippen MR) is 102 cm³/mol. The predicted octanol–water partition coefficient (Wildman–Crippen LogP) is 2.54. The van der Waals surface area contributed by atoms with E-state index in [1.165, 1.54) is 0 Å². The average molecular weight is 351 g/mol. The molecule has 0 radical (unpaired) electrons. The molecule has 0 saturated heterocycles. The van der Waals surface area contributed by atoms with Crippen molar-refractivity contribution in [2.24, 2.45) is 4.99 Å². The van der Waals surface area contributed by atoms with E-state index < -0.39 is 0 Å². The Kier molecular flexibility index (Phi) is 11.5. The molecule has 0 bridgehead atoms. The fourth-order valence-electron chi connectivity index (χ4n) is 2.35. The first-order valence-corrected chi connectivity index (χ1v) is 8.92. The first kappa shape index (κ1) is 21.3. The number of aliphatic imine (C=N–C) groups is 1. The smallest absolute Gasteiger partial charge is 0.193 e. The number of ether oxygens (including phenoxy) is 3. The van der Waals surface area contributed by atoms with E-state index in [9.17, 15) is 0 Å². The number of hydrogen-bond donors (Lipinski definition) is 1. The van der Waals surface area contributed by atoms with Crippen LogP contribution in [0, 0.1) is 0 Å². The van der Waals surface area contributed by atoms with E-state index in [1.807, 2.05) is 25.2 Å². The highest BCUT2D eigenvalue weighted by Crippen LogP contribution is 2.18. The van der Waals surface area contributed by atoms with Gasteiger partial charge in [-0.2, -0.15) is 0 Å². The second kappa shape index (κ2) is 13.5. The molecule has 6 nitrogen and oxygen atoms in total. The van der Waals surface area contributed by atoms with Crippen LogP contribution in [-0.2, 0) is 16.0 Å². The summed E-state index contributed by atoms with van der Waals surface area (Å²) in [6.45, 7) is 6.30. The third-order valence-corrected chi connectivity index (χ3v) is 3.72. The maximum atomic E-state index is 5.56. The van der Waals surface area contributed by atoms with Gasteiger partial charge in [-0.3, -0.25) is 4.99 Å². The first-order valence-electron chi connectivity index (χ1n) is 8.92. The topological polar surface area (TPSA) is 55.3 Å². The zero-order chi connectivity index (χ0) is 18.3. The van der Waals surface area contributed by atoms with Gasteiger partial charge < -0.3 is 24.4 Å². The molecule has 142 valence electrons. The number of para-hydroxylation sites is 1. The summed E-state index contributed by atoms with van der Waals surface area (Å²) in [6, 6.07) is 8.01. The Balaban J connectivity index is 2.25. The summed E-state index contributed by atoms with van der Waals surface area (Å²) >= 11 is 0. The van der Waals surface area contributed by atoms with Crippen LogP contribution in [0.25, 0.3) is 0 Å². The molecule has 0 spiro atoms. The zero-order valence-electron chi connectivity index (χ0n) is 16.1. The van der Waals surface area contributed by atoms with Crippen molar-refractivity contribution in [1.29, 1.82) is 0 Å². The highest BCUT2D eigenvalue weighted by molar-refractivity contribution is 5.79. The van der Waals surface area contributed by atoms with Crippen LogP contribution in [-0.4, -0.2) is 65.0 Å². The van der Waals surface area contributed by atoms with E-state index in [4.69, 9.17) is 14.2 Å². The van der Waals surface area contributed by atoms with E-state index in [2.05, 4.69) is 28.2 Å². The summed E-state index contributed by atoms with van der Waals surface area (Å²) in [5.41, 5.74) is 1.12. The Morgan fingerprint density at radius 3 is 2.52 bits per heavy atom. The fourth-order valence-corrected chi connectivity index (χ4v) is 2.35. The molecule has 0 fully saturated rings. The second-order valence-corrected chi connectivity index (χ2v) is 5.72. The molecule has 1 rings (SSSR count). The van der Waals surface area contributed by atoms with Gasteiger partial charge in [0.1, 0.15) is 5.75 Å². The van der Waals surface area contributed by atoms with Crippen LogP contribution in [0.3, 0.4) is 0 Å². The Labute approximate surface area is 152 Å². The van der Waals surface area contributed by atoms with Crippen molar-refractivity contribution in [3.63, 3.8) is 0 Å². The third kappa shape index (κ3) is 8.74. The van der Waals surface area contributed by atoms with Crippen LogP contribution in [0.15, 0.2) is 29.3 Å². The Morgan fingerprint density at radius 2 is 1.84 bits per heavy atom. The van der Waals surface area contributed by atoms with Crippen LogP contribution < -0.4 is 10.1 Å². The summed E-state index contributed by atoms with van der Waals surface area (Å²) in [4.78, 5) is 6.38. The quantitative estimate of drug-likeness (QED) is 0.356. The van der Waals surface area contributed by atoms with Crippen LogP contribution in [0.5, 0.6) is 5.75 Å². The maximum absolute atomic E-state index is 5.56. The molecular weight excluding hydrogens is 318 g/mol. The van der Waals surface area contributed by atoms with Gasteiger partial charge in [0.25, 0.3) is 0 Å². The lowest BCUT2D eigenvalue weighted by molar-refractivity contribution is 0.0486. The number of benzene rings is 1. The van der Waals surface area contributed by atoms with Gasteiger partial charge in [-0.05, 0) is 12.5 Å². The Hall–Kier alpha value is -1.79. The Morgan fingerprint density at radius 1 is 1.12 bits per heavy atom. The van der Waals surface area contributed by atoms with Gasteiger partial charge in [-0.15, -0.1) is 0 Å². The van der Waals surface area contributed by atoms with Gasteiger partial charge in [0, 0.05) is 39.4 Å². The molecule has 0 aromatic heterocycles. The minimum atomic E-state index is 0.624. The first-order chi connectivity index (χ1) is 12.2. The molecule has 0 aliphatic rings. The maximum Gasteiger partial charge on any atom is 0.193 e. The van der Waals surface area contributed by atoms with Gasteiger partial charge in [0.05, 0.1) is 26.9 Å². The van der Waals surface area contributed by atoms with Crippen molar-refractivity contribution in [3.05, 3.63) is 29.8 Å². The summed E-state index contributed by atoms with van der Waals surface area (Å²) in [6.07, 6.45) is 2.27. The highest BCUT2D eigenvalue weighted by atomic mass is 16.5. The molecule has 0 unspecified atom stereocenters. The van der Waals surface area contributed by atoms with Crippen molar-refractivity contribution in [1.82, 2.24) is 10.2 Å². The number of rotatable bonds is 12. The van der Waals surface area contributed by atoms with Crippen molar-refractivity contribution in [2.45, 2.75) is 26.3 Å². The summed E-state index contributed by atoms with van der Waals surface area (Å²) in [7, 11) is 5.48. The van der Waals surface area contributed by atoms with E-state index in [0.29, 0.717) is 26.4 Å². The van der Waals surface area contributed by atoms with E-state index in [-0.39, 0.29) is 0 Å². The number of unbranched alkanes of at least 4 members (excludes halogenated alkanes) is 1. The minimum Gasteiger partial charge on any atom is -0.496 e. The number of hydrogen-bond acceptors (Lipinski definition) is 4. The van der Waals surface area contributed by atoms with Crippen LogP contribution in [0.2, 0.25) is 0 Å². The summed E-state index contributed by atoms with van der Waals surface area (Å²) in [5.74, 6) is 1.71. The molecule has 0 amide bonds. The number of guanidine groups is 1. The summed E-state index contributed by atoms with van der Waals surface area (Å²) < 4.78 is 16.4. The molecule has 0 aliphatic heterocycles. The van der Waals surface area contributed by atoms with Crippen LogP contribution >= 0.6 is 0 Å². The molecule has 0 aliphatic carbocycles. The molecule has 1 N–H and O–H groups in total. The number of nitrogens with zero attached hydrogens (tertiary/aromatic N) is 2. The molecule has 1 aromatic rings. The van der Waals surface area contributed by atoms with Gasteiger partial charge >= 0.3 is 0 Å². The van der Waals surface area contributed by atoms with Crippen LogP contribution in [0.1, 0.15) is 25.3 Å². The zero-order valence-corrected chi connectivity index (χ0v) is 16.1. The van der Waals surface area contributed by atoms with E-state index in [1.54, 1.807) is 14.2 Å². The molecule has 6 heteroatoms. The fraction of sp³-hybridized carbons (Fsp3) is 0.632. The Bertz CT molecular complexity index is 495. The van der Waals surface area contributed by atoms with Crippen molar-refractivity contribution in [2.75, 3.05) is 54.2 Å². The monoisotopic (exact) mass is 351 g/mol. The van der Waals surface area contributed by atoms with Crippen molar-refractivity contribution in [3.8, 4) is 5.75 Å². The largest absolute Gasteiger partial charge is 0.496 e. The second-order valence-electron chi connectivity index (χ2n) is 5.72. The molecule has 0 saturated carbocycles. The SMILES string of the molecule is CCCCOCCOCCNC(=NC)N(C)Cc1ccccc1OC. The van der Waals surface area contributed by atoms with Crippen molar-refractivity contribution >= 4 is 5.96 Å². The van der Waals surface area contributed by atoms with Gasteiger partial charge in [0.15, 0.2) is 5.96 Å². The lowest BCUT2D eigenvalue weighted by atomic mass is 10.2. The molecule has 0 heterocycles. The van der Waals surface area contributed by atoms with Crippen LogP contribution in [0.4, 0.5) is 0 Å². The minimum absolute atomic E-state index is 0.624. The lowest BCUT2D eigenvalue weighted by Crippen LogP contribution is -2.40. The normalized spacial score (nSPS) is 11.4. The van der Waals surface area contributed by atoms with Crippen molar-refractivity contribution < 1.29 is 14.2 Å². The van der Waals surface area contributed by atoms with Gasteiger partial charge in [0.2, 0.25) is 0 Å². The third-order valence-electron chi connectivity index (χ3n) is 3.72. The van der Waals surface area contributed by atoms with Gasteiger partial charge in [-0.25, -0.2) is 0 Å². The number of nitrogens with one attached hydrogen (secondary N) is 1. The van der Waals surface area contributed by atoms with E-state index >= 15 is 0 Å². The molecule has 0 atom stereocenters. The average Bonchev–Trinajstić information content (AvgIpc) is 2.63. The lowest BCUT2D eigenvalue weighted by Gasteiger charge is -2.23.